The van der Waals surface area contributed by atoms with Gasteiger partial charge in [-0.15, -0.1) is 0 Å². The van der Waals surface area contributed by atoms with Crippen LogP contribution in [0.25, 0.3) is 22.3 Å². The molecule has 0 saturated carbocycles. The minimum atomic E-state index is -4.75. The Labute approximate surface area is 161 Å². The fourth-order valence-electron chi connectivity index (χ4n) is 2.66. The van der Waals surface area contributed by atoms with E-state index in [0.29, 0.717) is 10.6 Å². The van der Waals surface area contributed by atoms with E-state index in [1.807, 2.05) is 0 Å². The molecule has 0 aliphatic carbocycles. The van der Waals surface area contributed by atoms with E-state index in [4.69, 9.17) is 28.6 Å². The van der Waals surface area contributed by atoms with Crippen molar-refractivity contribution in [1.29, 1.82) is 0 Å². The molecule has 3 rings (SSSR count). The summed E-state index contributed by atoms with van der Waals surface area (Å²) in [5.41, 5.74) is -1.69. The number of H-pyrrole nitrogens is 1. The molecule has 0 saturated heterocycles. The van der Waals surface area contributed by atoms with Crippen molar-refractivity contribution in [2.45, 2.75) is 12.7 Å². The molecular weight excluding hydrogens is 403 g/mol. The number of aromatic nitrogens is 3. The van der Waals surface area contributed by atoms with Crippen LogP contribution in [0.4, 0.5) is 13.2 Å². The second kappa shape index (κ2) is 7.41. The number of nitrogens with zero attached hydrogens (tertiary/aromatic N) is 2. The number of fused-ring (bicyclic) bond motifs is 1. The fourth-order valence-corrected chi connectivity index (χ4v) is 3.05. The lowest BCUT2D eigenvalue weighted by atomic mass is 10.1. The molecule has 0 radical (unpaired) electrons. The van der Waals surface area contributed by atoms with Crippen LogP contribution in [0.3, 0.4) is 0 Å². The summed E-state index contributed by atoms with van der Waals surface area (Å²) in [6.45, 7) is 0.320. The fraction of sp³-hybridized carbons (Fsp3) is 0.235. The number of aromatic amines is 1. The maximum Gasteiger partial charge on any atom is 0.417 e. The maximum absolute atomic E-state index is 13.7. The highest BCUT2D eigenvalue weighted by molar-refractivity contribution is 7.71. The van der Waals surface area contributed by atoms with Crippen LogP contribution in [-0.2, 0) is 17.5 Å². The molecule has 0 bridgehead atoms. The van der Waals surface area contributed by atoms with Crippen molar-refractivity contribution in [2.75, 3.05) is 13.7 Å². The van der Waals surface area contributed by atoms with Gasteiger partial charge in [0, 0.05) is 17.7 Å². The second-order valence-electron chi connectivity index (χ2n) is 5.66. The van der Waals surface area contributed by atoms with Gasteiger partial charge in [0.25, 0.3) is 5.56 Å². The highest BCUT2D eigenvalue weighted by Gasteiger charge is 2.35. The lowest BCUT2D eigenvalue weighted by Gasteiger charge is -2.16. The Morgan fingerprint density at radius 2 is 1.96 bits per heavy atom. The molecule has 0 aliphatic rings. The summed E-state index contributed by atoms with van der Waals surface area (Å²) in [5.74, 6) is 0. The number of methoxy groups -OCH3 is 1. The first-order chi connectivity index (χ1) is 12.7. The summed E-state index contributed by atoms with van der Waals surface area (Å²) < 4.78 is 47.3. The Bertz CT molecular complexity index is 1110. The highest BCUT2D eigenvalue weighted by atomic mass is 35.5. The monoisotopic (exact) mass is 415 g/mol. The molecule has 2 heterocycles. The van der Waals surface area contributed by atoms with Crippen molar-refractivity contribution in [2.24, 2.45) is 0 Å². The lowest BCUT2D eigenvalue weighted by Crippen LogP contribution is -2.21. The lowest BCUT2D eigenvalue weighted by molar-refractivity contribution is -0.136. The third kappa shape index (κ3) is 3.90. The van der Waals surface area contributed by atoms with Crippen LogP contribution in [0.5, 0.6) is 0 Å². The first kappa shape index (κ1) is 19.5. The van der Waals surface area contributed by atoms with Crippen LogP contribution in [0, 0.1) is 4.77 Å². The van der Waals surface area contributed by atoms with Gasteiger partial charge in [0.15, 0.2) is 4.77 Å². The van der Waals surface area contributed by atoms with E-state index in [-0.39, 0.29) is 29.3 Å². The maximum atomic E-state index is 13.7. The molecule has 27 heavy (non-hydrogen) atoms. The number of benzene rings is 1. The Balaban J connectivity index is 2.42. The van der Waals surface area contributed by atoms with E-state index in [0.717, 1.165) is 6.07 Å². The molecule has 0 unspecified atom stereocenters. The van der Waals surface area contributed by atoms with E-state index in [1.165, 1.54) is 11.7 Å². The molecule has 0 fully saturated rings. The van der Waals surface area contributed by atoms with Gasteiger partial charge >= 0.3 is 6.18 Å². The molecule has 0 atom stereocenters. The van der Waals surface area contributed by atoms with Crippen molar-refractivity contribution >= 4 is 34.9 Å². The van der Waals surface area contributed by atoms with Gasteiger partial charge in [-0.1, -0.05) is 23.7 Å². The van der Waals surface area contributed by atoms with Crippen molar-refractivity contribution in [3.05, 3.63) is 56.0 Å². The molecule has 1 N–H and O–H groups in total. The van der Waals surface area contributed by atoms with Crippen molar-refractivity contribution in [1.82, 2.24) is 14.5 Å². The number of pyridine rings is 1. The molecule has 3 aromatic rings. The van der Waals surface area contributed by atoms with Gasteiger partial charge in [0.1, 0.15) is 5.65 Å². The minimum absolute atomic E-state index is 0.0292. The number of alkyl halides is 3. The summed E-state index contributed by atoms with van der Waals surface area (Å²) in [6.07, 6.45) is -4.75. The van der Waals surface area contributed by atoms with E-state index in [9.17, 15) is 18.0 Å². The molecule has 142 valence electrons. The number of hydrogen-bond acceptors (Lipinski definition) is 4. The zero-order valence-electron chi connectivity index (χ0n) is 13.9. The van der Waals surface area contributed by atoms with Crippen molar-refractivity contribution in [3.8, 4) is 11.3 Å². The zero-order valence-corrected chi connectivity index (χ0v) is 15.5. The van der Waals surface area contributed by atoms with Gasteiger partial charge in [0.2, 0.25) is 0 Å². The molecule has 1 aromatic carbocycles. The Morgan fingerprint density at radius 1 is 1.30 bits per heavy atom. The quantitative estimate of drug-likeness (QED) is 0.640. The van der Waals surface area contributed by atoms with Gasteiger partial charge in [-0.05, 0) is 30.4 Å². The summed E-state index contributed by atoms with van der Waals surface area (Å²) in [6, 6.07) is 7.05. The van der Waals surface area contributed by atoms with Crippen LogP contribution in [0.2, 0.25) is 5.02 Å². The predicted octanol–water partition coefficient (Wildman–Crippen LogP) is 4.44. The molecule has 0 amide bonds. The van der Waals surface area contributed by atoms with Crippen LogP contribution in [-0.4, -0.2) is 28.3 Å². The Kier molecular flexibility index (Phi) is 5.36. The third-order valence-corrected chi connectivity index (χ3v) is 4.49. The van der Waals surface area contributed by atoms with Crippen molar-refractivity contribution in [3.63, 3.8) is 0 Å². The van der Waals surface area contributed by atoms with Crippen LogP contribution < -0.4 is 5.56 Å². The topological polar surface area (TPSA) is 59.9 Å². The molecule has 0 aliphatic heterocycles. The Morgan fingerprint density at radius 3 is 2.56 bits per heavy atom. The molecule has 5 nitrogen and oxygen atoms in total. The molecule has 10 heteroatoms. The van der Waals surface area contributed by atoms with E-state index >= 15 is 0 Å². The first-order valence-corrected chi connectivity index (χ1v) is 8.51. The number of ether oxygens (including phenoxy) is 1. The molecular formula is C17H13ClF3N3O2S. The zero-order chi connectivity index (χ0) is 19.8. The number of rotatable bonds is 4. The van der Waals surface area contributed by atoms with Crippen LogP contribution >= 0.6 is 23.8 Å². The SMILES string of the molecule is COCCn1c(=S)[nH]c(=O)c2c(C(F)(F)F)cc(-c3ccc(Cl)cc3)nc21. The van der Waals surface area contributed by atoms with Crippen LogP contribution in [0.15, 0.2) is 35.1 Å². The Hall–Kier alpha value is -2.23. The number of halogens is 4. The number of hydrogen-bond donors (Lipinski definition) is 1. The number of nitrogens with one attached hydrogen (secondary N) is 1. The normalized spacial score (nSPS) is 11.9. The van der Waals surface area contributed by atoms with Gasteiger partial charge in [0.05, 0.1) is 29.8 Å². The summed E-state index contributed by atoms with van der Waals surface area (Å²) in [7, 11) is 1.45. The van der Waals surface area contributed by atoms with Gasteiger partial charge in [-0.3, -0.25) is 9.78 Å². The average molecular weight is 416 g/mol. The first-order valence-electron chi connectivity index (χ1n) is 7.72. The smallest absolute Gasteiger partial charge is 0.383 e. The molecule has 0 spiro atoms. The predicted molar refractivity (Wildman–Crippen MR) is 98.5 cm³/mol. The minimum Gasteiger partial charge on any atom is -0.383 e. The van der Waals surface area contributed by atoms with E-state index < -0.39 is 22.7 Å². The standard InChI is InChI=1S/C17H13ClF3N3O2S/c1-26-7-6-24-14-13(15(25)23-16(24)27)11(17(19,20)21)8-12(22-14)9-2-4-10(18)5-3-9/h2-5,8H,6-7H2,1H3,(H,23,25,27). The molecule has 2 aromatic heterocycles. The third-order valence-electron chi connectivity index (χ3n) is 3.91. The van der Waals surface area contributed by atoms with E-state index in [1.54, 1.807) is 24.3 Å². The van der Waals surface area contributed by atoms with Crippen LogP contribution in [0.1, 0.15) is 5.56 Å². The summed E-state index contributed by atoms with van der Waals surface area (Å²) >= 11 is 11.0. The van der Waals surface area contributed by atoms with E-state index in [2.05, 4.69) is 9.97 Å². The van der Waals surface area contributed by atoms with Crippen molar-refractivity contribution < 1.29 is 17.9 Å². The second-order valence-corrected chi connectivity index (χ2v) is 6.49. The largest absolute Gasteiger partial charge is 0.417 e. The average Bonchev–Trinajstić information content (AvgIpc) is 2.60. The van der Waals surface area contributed by atoms with Gasteiger partial charge in [-0.2, -0.15) is 13.2 Å². The summed E-state index contributed by atoms with van der Waals surface area (Å²) in [4.78, 5) is 18.8. The van der Waals surface area contributed by atoms with Gasteiger partial charge in [-0.25, -0.2) is 4.98 Å². The summed E-state index contributed by atoms with van der Waals surface area (Å²) in [5, 5.41) is -0.125. The van der Waals surface area contributed by atoms with Gasteiger partial charge < -0.3 is 9.30 Å². The highest BCUT2D eigenvalue weighted by Crippen LogP contribution is 2.35.